The zero-order valence-electron chi connectivity index (χ0n) is 14.3. The van der Waals surface area contributed by atoms with Crippen LogP contribution in [-0.2, 0) is 14.3 Å². The third-order valence-corrected chi connectivity index (χ3v) is 3.87. The second kappa shape index (κ2) is 8.10. The van der Waals surface area contributed by atoms with Crippen molar-refractivity contribution in [3.05, 3.63) is 24.0 Å². The van der Waals surface area contributed by atoms with Crippen molar-refractivity contribution in [3.8, 4) is 0 Å². The first kappa shape index (κ1) is 18.2. The van der Waals surface area contributed by atoms with Crippen LogP contribution in [0.4, 0.5) is 15.8 Å². The van der Waals surface area contributed by atoms with Gasteiger partial charge in [-0.25, -0.2) is 4.39 Å². The minimum atomic E-state index is -0.639. The van der Waals surface area contributed by atoms with Gasteiger partial charge in [-0.3, -0.25) is 9.59 Å². The van der Waals surface area contributed by atoms with E-state index in [-0.39, 0.29) is 23.5 Å². The summed E-state index contributed by atoms with van der Waals surface area (Å²) in [5, 5.41) is 5.39. The Hall–Kier alpha value is -2.15. The number of nitrogens with one attached hydrogen (secondary N) is 2. The van der Waals surface area contributed by atoms with Gasteiger partial charge in [0.1, 0.15) is 11.9 Å². The lowest BCUT2D eigenvalue weighted by Gasteiger charge is -2.29. The number of carbonyl (C=O) groups excluding carboxylic acids is 2. The topological polar surface area (TPSA) is 70.7 Å². The average Bonchev–Trinajstić information content (AvgIpc) is 2.54. The van der Waals surface area contributed by atoms with Gasteiger partial charge in [0.15, 0.2) is 0 Å². The fourth-order valence-corrected chi connectivity index (χ4v) is 2.61. The van der Waals surface area contributed by atoms with Crippen LogP contribution < -0.4 is 15.5 Å². The first-order chi connectivity index (χ1) is 11.4. The summed E-state index contributed by atoms with van der Waals surface area (Å²) in [6.07, 6.45) is 0. The Balaban J connectivity index is 2.13. The predicted molar refractivity (Wildman–Crippen MR) is 90.5 cm³/mol. The molecule has 2 N–H and O–H groups in total. The Bertz CT molecular complexity index is 601. The van der Waals surface area contributed by atoms with Crippen LogP contribution >= 0.6 is 0 Å². The van der Waals surface area contributed by atoms with Crippen LogP contribution in [0, 0.1) is 11.7 Å². The van der Waals surface area contributed by atoms with E-state index in [1.165, 1.54) is 19.1 Å². The summed E-state index contributed by atoms with van der Waals surface area (Å²) in [6.45, 7) is 7.39. The van der Waals surface area contributed by atoms with E-state index in [2.05, 4.69) is 10.6 Å². The Kier molecular flexibility index (Phi) is 6.14. The fourth-order valence-electron chi connectivity index (χ4n) is 2.61. The number of halogens is 1. The maximum absolute atomic E-state index is 14.1. The first-order valence-corrected chi connectivity index (χ1v) is 8.08. The Labute approximate surface area is 141 Å². The molecule has 1 atom stereocenters. The highest BCUT2D eigenvalue weighted by molar-refractivity contribution is 5.97. The molecule has 2 rings (SSSR count). The highest BCUT2D eigenvalue weighted by Crippen LogP contribution is 2.24. The lowest BCUT2D eigenvalue weighted by atomic mass is 10.0. The lowest BCUT2D eigenvalue weighted by molar-refractivity contribution is -0.126. The van der Waals surface area contributed by atoms with Crippen molar-refractivity contribution in [2.24, 2.45) is 5.92 Å². The van der Waals surface area contributed by atoms with Crippen molar-refractivity contribution < 1.29 is 18.7 Å². The zero-order chi connectivity index (χ0) is 17.7. The van der Waals surface area contributed by atoms with Crippen LogP contribution in [0.15, 0.2) is 18.2 Å². The van der Waals surface area contributed by atoms with Crippen molar-refractivity contribution in [1.29, 1.82) is 0 Å². The quantitative estimate of drug-likeness (QED) is 0.859. The Morgan fingerprint density at radius 2 is 1.92 bits per heavy atom. The third-order valence-electron chi connectivity index (χ3n) is 3.87. The van der Waals surface area contributed by atoms with E-state index < -0.39 is 6.04 Å². The molecule has 7 heteroatoms. The first-order valence-electron chi connectivity index (χ1n) is 8.08. The molecule has 1 saturated heterocycles. The number of morpholine rings is 1. The molecule has 0 unspecified atom stereocenters. The molecule has 24 heavy (non-hydrogen) atoms. The van der Waals surface area contributed by atoms with Crippen molar-refractivity contribution in [2.45, 2.75) is 26.8 Å². The normalized spacial score (nSPS) is 16.0. The van der Waals surface area contributed by atoms with Crippen molar-refractivity contribution in [1.82, 2.24) is 5.32 Å². The van der Waals surface area contributed by atoms with Gasteiger partial charge in [-0.15, -0.1) is 0 Å². The maximum atomic E-state index is 14.1. The number of rotatable bonds is 5. The van der Waals surface area contributed by atoms with Gasteiger partial charge in [-0.05, 0) is 24.1 Å². The van der Waals surface area contributed by atoms with E-state index in [1.54, 1.807) is 6.07 Å². The van der Waals surface area contributed by atoms with Gasteiger partial charge in [-0.2, -0.15) is 0 Å². The van der Waals surface area contributed by atoms with Crippen molar-refractivity contribution >= 4 is 23.2 Å². The van der Waals surface area contributed by atoms with Gasteiger partial charge >= 0.3 is 0 Å². The summed E-state index contributed by atoms with van der Waals surface area (Å²) in [4.78, 5) is 25.6. The van der Waals surface area contributed by atoms with Crippen LogP contribution in [0.25, 0.3) is 0 Å². The lowest BCUT2D eigenvalue weighted by Crippen LogP contribution is -2.46. The number of amides is 2. The van der Waals surface area contributed by atoms with Gasteiger partial charge < -0.3 is 20.3 Å². The second-order valence-corrected chi connectivity index (χ2v) is 6.18. The fraction of sp³-hybridized carbons (Fsp3) is 0.529. The molecule has 1 aromatic rings. The molecule has 2 amide bonds. The summed E-state index contributed by atoms with van der Waals surface area (Å²) in [6, 6.07) is 3.83. The summed E-state index contributed by atoms with van der Waals surface area (Å²) in [5.41, 5.74) is 0.940. The van der Waals surface area contributed by atoms with Crippen LogP contribution in [0.2, 0.25) is 0 Å². The highest BCUT2D eigenvalue weighted by Gasteiger charge is 2.23. The monoisotopic (exact) mass is 337 g/mol. The molecule has 0 spiro atoms. The van der Waals surface area contributed by atoms with Crippen molar-refractivity contribution in [2.75, 3.05) is 36.5 Å². The summed E-state index contributed by atoms with van der Waals surface area (Å²) >= 11 is 0. The largest absolute Gasteiger partial charge is 0.378 e. The molecule has 0 aromatic heterocycles. The van der Waals surface area contributed by atoms with Crippen LogP contribution in [0.5, 0.6) is 0 Å². The Morgan fingerprint density at radius 3 is 2.50 bits per heavy atom. The molecule has 1 aliphatic heterocycles. The molecule has 132 valence electrons. The third kappa shape index (κ3) is 4.67. The van der Waals surface area contributed by atoms with Gasteiger partial charge in [0.2, 0.25) is 11.8 Å². The number of ether oxygens (including phenoxy) is 1. The molecule has 1 aromatic carbocycles. The minimum absolute atomic E-state index is 0.0620. The molecule has 6 nitrogen and oxygen atoms in total. The molecule has 1 heterocycles. The van der Waals surface area contributed by atoms with Crippen LogP contribution in [-0.4, -0.2) is 44.2 Å². The molecule has 0 aliphatic carbocycles. The molecule has 0 saturated carbocycles. The molecular weight excluding hydrogens is 313 g/mol. The number of anilines is 2. The number of carbonyl (C=O) groups is 2. The van der Waals surface area contributed by atoms with Gasteiger partial charge in [0, 0.05) is 25.7 Å². The molecule has 0 radical (unpaired) electrons. The van der Waals surface area contributed by atoms with E-state index in [4.69, 9.17) is 4.74 Å². The predicted octanol–water partition coefficient (Wildman–Crippen LogP) is 1.76. The minimum Gasteiger partial charge on any atom is -0.378 e. The Morgan fingerprint density at radius 1 is 1.25 bits per heavy atom. The maximum Gasteiger partial charge on any atom is 0.247 e. The SMILES string of the molecule is CC(=O)N[C@@H](C(=O)Nc1ccc(F)c(N2CCOCC2)c1)C(C)C. The number of nitrogens with zero attached hydrogens (tertiary/aromatic N) is 1. The van der Waals surface area contributed by atoms with E-state index in [1.807, 2.05) is 18.7 Å². The summed E-state index contributed by atoms with van der Waals surface area (Å²) in [7, 11) is 0. The summed E-state index contributed by atoms with van der Waals surface area (Å²) in [5.74, 6) is -0.984. The summed E-state index contributed by atoms with van der Waals surface area (Å²) < 4.78 is 19.4. The zero-order valence-corrected chi connectivity index (χ0v) is 14.3. The molecule has 1 fully saturated rings. The van der Waals surface area contributed by atoms with E-state index in [9.17, 15) is 14.0 Å². The smallest absolute Gasteiger partial charge is 0.247 e. The molecule has 0 bridgehead atoms. The average molecular weight is 337 g/mol. The molecule has 1 aliphatic rings. The molecular formula is C17H24FN3O3. The number of hydrogen-bond donors (Lipinski definition) is 2. The van der Waals surface area contributed by atoms with Crippen LogP contribution in [0.1, 0.15) is 20.8 Å². The van der Waals surface area contributed by atoms with Crippen LogP contribution in [0.3, 0.4) is 0 Å². The van der Waals surface area contributed by atoms with Gasteiger partial charge in [0.05, 0.1) is 18.9 Å². The second-order valence-electron chi connectivity index (χ2n) is 6.18. The number of hydrogen-bond acceptors (Lipinski definition) is 4. The van der Waals surface area contributed by atoms with Crippen molar-refractivity contribution in [3.63, 3.8) is 0 Å². The van der Waals surface area contributed by atoms with E-state index >= 15 is 0 Å². The van der Waals surface area contributed by atoms with Gasteiger partial charge in [0.25, 0.3) is 0 Å². The van der Waals surface area contributed by atoms with E-state index in [0.29, 0.717) is 37.7 Å². The highest BCUT2D eigenvalue weighted by atomic mass is 19.1. The van der Waals surface area contributed by atoms with E-state index in [0.717, 1.165) is 0 Å². The van der Waals surface area contributed by atoms with Gasteiger partial charge in [-0.1, -0.05) is 13.8 Å². The standard InChI is InChI=1S/C17H24FN3O3/c1-11(2)16(19-12(3)22)17(23)20-13-4-5-14(18)15(10-13)21-6-8-24-9-7-21/h4-5,10-11,16H,6-9H2,1-3H3,(H,19,22)(H,20,23)/t16-/m1/s1. The number of benzene rings is 1.